The summed E-state index contributed by atoms with van der Waals surface area (Å²) in [7, 11) is 0. The second-order valence-corrected chi connectivity index (χ2v) is 5.74. The van der Waals surface area contributed by atoms with Crippen LogP contribution < -0.4 is 5.32 Å². The lowest BCUT2D eigenvalue weighted by Gasteiger charge is -2.18. The van der Waals surface area contributed by atoms with Gasteiger partial charge in [0.15, 0.2) is 0 Å². The normalized spacial score (nSPS) is 13.8. The molecule has 0 aliphatic carbocycles. The summed E-state index contributed by atoms with van der Waals surface area (Å²) in [6, 6.07) is 5.11. The van der Waals surface area contributed by atoms with Crippen molar-refractivity contribution in [1.82, 2.24) is 5.32 Å². The minimum absolute atomic E-state index is 0.0981. The molecule has 0 saturated carbocycles. The third-order valence-electron chi connectivity index (χ3n) is 3.27. The Kier molecular flexibility index (Phi) is 6.34. The van der Waals surface area contributed by atoms with Crippen molar-refractivity contribution in [2.24, 2.45) is 5.92 Å². The molecule has 21 heavy (non-hydrogen) atoms. The van der Waals surface area contributed by atoms with Crippen LogP contribution in [-0.2, 0) is 9.59 Å². The molecule has 0 heterocycles. The van der Waals surface area contributed by atoms with Gasteiger partial charge in [-0.25, -0.2) is 9.18 Å². The maximum atomic E-state index is 12.9. The van der Waals surface area contributed by atoms with Gasteiger partial charge in [-0.2, -0.15) is 0 Å². The third-order valence-corrected chi connectivity index (χ3v) is 3.27. The van der Waals surface area contributed by atoms with Crippen molar-refractivity contribution in [2.45, 2.75) is 45.6 Å². The molecule has 116 valence electrons. The summed E-state index contributed by atoms with van der Waals surface area (Å²) < 4.78 is 12.9. The van der Waals surface area contributed by atoms with Crippen LogP contribution in [0.15, 0.2) is 24.3 Å². The van der Waals surface area contributed by atoms with Crippen molar-refractivity contribution >= 4 is 11.9 Å². The number of aliphatic carboxylic acids is 1. The number of carboxylic acid groups (broad SMARTS) is 1. The Bertz CT molecular complexity index is 485. The molecule has 1 rings (SSSR count). The molecule has 0 radical (unpaired) electrons. The van der Waals surface area contributed by atoms with E-state index in [1.807, 2.05) is 20.8 Å². The number of benzene rings is 1. The zero-order chi connectivity index (χ0) is 16.0. The van der Waals surface area contributed by atoms with E-state index in [2.05, 4.69) is 5.32 Å². The molecule has 0 aromatic heterocycles. The quantitative estimate of drug-likeness (QED) is 0.812. The monoisotopic (exact) mass is 295 g/mol. The Balaban J connectivity index is 2.59. The molecule has 1 unspecified atom stereocenters. The van der Waals surface area contributed by atoms with Crippen LogP contribution in [0.1, 0.15) is 45.1 Å². The fourth-order valence-electron chi connectivity index (χ4n) is 2.13. The topological polar surface area (TPSA) is 66.4 Å². The average molecular weight is 295 g/mol. The van der Waals surface area contributed by atoms with Crippen molar-refractivity contribution in [3.8, 4) is 0 Å². The number of nitrogens with one attached hydrogen (secondary N) is 1. The third kappa shape index (κ3) is 5.94. The Morgan fingerprint density at radius 1 is 1.19 bits per heavy atom. The number of halogens is 1. The number of carboxylic acids is 1. The van der Waals surface area contributed by atoms with Crippen LogP contribution in [0.3, 0.4) is 0 Å². The van der Waals surface area contributed by atoms with Crippen LogP contribution in [0.4, 0.5) is 4.39 Å². The second-order valence-electron chi connectivity index (χ2n) is 5.74. The highest BCUT2D eigenvalue weighted by Crippen LogP contribution is 2.19. The van der Waals surface area contributed by atoms with Crippen LogP contribution in [0.5, 0.6) is 0 Å². The van der Waals surface area contributed by atoms with Crippen molar-refractivity contribution < 1.29 is 19.1 Å². The summed E-state index contributed by atoms with van der Waals surface area (Å²) in [5.74, 6) is -1.57. The lowest BCUT2D eigenvalue weighted by molar-refractivity contribution is -0.142. The van der Waals surface area contributed by atoms with Crippen molar-refractivity contribution in [3.63, 3.8) is 0 Å². The van der Waals surface area contributed by atoms with Crippen molar-refractivity contribution in [2.75, 3.05) is 0 Å². The predicted molar refractivity (Wildman–Crippen MR) is 78.5 cm³/mol. The van der Waals surface area contributed by atoms with E-state index < -0.39 is 12.0 Å². The predicted octanol–water partition coefficient (Wildman–Crippen LogP) is 2.93. The fourth-order valence-corrected chi connectivity index (χ4v) is 2.13. The molecular weight excluding hydrogens is 273 g/mol. The lowest BCUT2D eigenvalue weighted by Crippen LogP contribution is -2.41. The van der Waals surface area contributed by atoms with Gasteiger partial charge in [-0.15, -0.1) is 0 Å². The summed E-state index contributed by atoms with van der Waals surface area (Å²) in [4.78, 5) is 23.0. The average Bonchev–Trinajstić information content (AvgIpc) is 2.37. The highest BCUT2D eigenvalue weighted by atomic mass is 19.1. The molecule has 1 amide bonds. The number of rotatable bonds is 7. The molecule has 0 aliphatic rings. The van der Waals surface area contributed by atoms with Gasteiger partial charge in [0.1, 0.15) is 11.9 Å². The van der Waals surface area contributed by atoms with E-state index in [9.17, 15) is 14.0 Å². The first kappa shape index (κ1) is 17.1. The summed E-state index contributed by atoms with van der Waals surface area (Å²) in [6.45, 7) is 5.66. The first-order valence-corrected chi connectivity index (χ1v) is 7.07. The Morgan fingerprint density at radius 2 is 1.76 bits per heavy atom. The molecule has 0 bridgehead atoms. The van der Waals surface area contributed by atoms with Gasteiger partial charge in [-0.05, 0) is 36.0 Å². The molecule has 1 aromatic carbocycles. The van der Waals surface area contributed by atoms with E-state index in [1.54, 1.807) is 12.1 Å². The van der Waals surface area contributed by atoms with Gasteiger partial charge < -0.3 is 10.4 Å². The molecule has 1 aromatic rings. The van der Waals surface area contributed by atoms with Gasteiger partial charge >= 0.3 is 5.97 Å². The minimum atomic E-state index is -1.02. The van der Waals surface area contributed by atoms with E-state index in [-0.39, 0.29) is 30.0 Å². The summed E-state index contributed by atoms with van der Waals surface area (Å²) in [5, 5.41) is 11.6. The van der Waals surface area contributed by atoms with Gasteiger partial charge in [0.05, 0.1) is 0 Å². The second kappa shape index (κ2) is 7.76. The van der Waals surface area contributed by atoms with Crippen LogP contribution >= 0.6 is 0 Å². The van der Waals surface area contributed by atoms with E-state index in [1.165, 1.54) is 12.1 Å². The summed E-state index contributed by atoms with van der Waals surface area (Å²) >= 11 is 0. The zero-order valence-corrected chi connectivity index (χ0v) is 12.6. The van der Waals surface area contributed by atoms with Gasteiger partial charge in [0.25, 0.3) is 0 Å². The van der Waals surface area contributed by atoms with E-state index in [0.29, 0.717) is 6.42 Å². The Labute approximate surface area is 124 Å². The first-order valence-electron chi connectivity index (χ1n) is 7.07. The molecule has 0 aliphatic heterocycles. The maximum Gasteiger partial charge on any atom is 0.326 e. The molecular formula is C16H22FNO3. The SMILES string of the molecule is CC(C)C[C@H](NC(=O)CC(C)c1ccc(F)cc1)C(=O)O. The summed E-state index contributed by atoms with van der Waals surface area (Å²) in [5.41, 5.74) is 0.849. The van der Waals surface area contributed by atoms with Crippen LogP contribution in [0.25, 0.3) is 0 Å². The van der Waals surface area contributed by atoms with Crippen LogP contribution in [0.2, 0.25) is 0 Å². The van der Waals surface area contributed by atoms with Crippen molar-refractivity contribution in [1.29, 1.82) is 0 Å². The largest absolute Gasteiger partial charge is 0.480 e. The number of hydrogen-bond donors (Lipinski definition) is 2. The van der Waals surface area contributed by atoms with Crippen molar-refractivity contribution in [3.05, 3.63) is 35.6 Å². The zero-order valence-electron chi connectivity index (χ0n) is 12.6. The molecule has 0 spiro atoms. The smallest absolute Gasteiger partial charge is 0.326 e. The minimum Gasteiger partial charge on any atom is -0.480 e. The van der Waals surface area contributed by atoms with E-state index in [4.69, 9.17) is 5.11 Å². The number of amides is 1. The molecule has 2 N–H and O–H groups in total. The maximum absolute atomic E-state index is 12.9. The lowest BCUT2D eigenvalue weighted by atomic mass is 9.97. The Hall–Kier alpha value is -1.91. The molecule has 0 fully saturated rings. The van der Waals surface area contributed by atoms with Gasteiger partial charge in [-0.1, -0.05) is 32.9 Å². The van der Waals surface area contributed by atoms with Gasteiger partial charge in [0.2, 0.25) is 5.91 Å². The number of carbonyl (C=O) groups excluding carboxylic acids is 1. The molecule has 5 heteroatoms. The van der Waals surface area contributed by atoms with Crippen LogP contribution in [0, 0.1) is 11.7 Å². The van der Waals surface area contributed by atoms with Crippen LogP contribution in [-0.4, -0.2) is 23.0 Å². The number of hydrogen-bond acceptors (Lipinski definition) is 2. The molecule has 2 atom stereocenters. The fraction of sp³-hybridized carbons (Fsp3) is 0.500. The summed E-state index contributed by atoms with van der Waals surface area (Å²) in [6.07, 6.45) is 0.569. The van der Waals surface area contributed by atoms with E-state index in [0.717, 1.165) is 5.56 Å². The Morgan fingerprint density at radius 3 is 2.24 bits per heavy atom. The van der Waals surface area contributed by atoms with Gasteiger partial charge in [0, 0.05) is 6.42 Å². The molecule has 4 nitrogen and oxygen atoms in total. The highest BCUT2D eigenvalue weighted by Gasteiger charge is 2.22. The number of carbonyl (C=O) groups is 2. The standard InChI is InChI=1S/C16H22FNO3/c1-10(2)8-14(16(20)21)18-15(19)9-11(3)12-4-6-13(17)7-5-12/h4-7,10-11,14H,8-9H2,1-3H3,(H,18,19)(H,20,21)/t11?,14-/m0/s1. The van der Waals surface area contributed by atoms with Gasteiger partial charge in [-0.3, -0.25) is 4.79 Å². The van der Waals surface area contributed by atoms with E-state index >= 15 is 0 Å². The first-order chi connectivity index (χ1) is 9.79. The highest BCUT2D eigenvalue weighted by molar-refractivity contribution is 5.83. The molecule has 0 saturated heterocycles.